The van der Waals surface area contributed by atoms with Gasteiger partial charge in [-0.25, -0.2) is 0 Å². The lowest BCUT2D eigenvalue weighted by molar-refractivity contribution is 0.411. The van der Waals surface area contributed by atoms with Gasteiger partial charge in [0.15, 0.2) is 0 Å². The molecule has 2 aromatic carbocycles. The molecule has 0 aliphatic rings. The fourth-order valence-corrected chi connectivity index (χ4v) is 3.32. The molecule has 21 heavy (non-hydrogen) atoms. The van der Waals surface area contributed by atoms with Crippen molar-refractivity contribution in [2.75, 3.05) is 13.7 Å². The summed E-state index contributed by atoms with van der Waals surface area (Å²) in [6.07, 6.45) is 0. The third kappa shape index (κ3) is 4.82. The molecule has 2 nitrogen and oxygen atoms in total. The summed E-state index contributed by atoms with van der Waals surface area (Å²) in [7, 11) is 1.69. The molecule has 4 heteroatoms. The van der Waals surface area contributed by atoms with Gasteiger partial charge in [-0.2, -0.15) is 0 Å². The van der Waals surface area contributed by atoms with Crippen molar-refractivity contribution in [3.8, 4) is 17.6 Å². The van der Waals surface area contributed by atoms with Crippen LogP contribution in [0.4, 0.5) is 0 Å². The monoisotopic (exact) mass is 361 g/mol. The molecule has 0 atom stereocenters. The van der Waals surface area contributed by atoms with Gasteiger partial charge in [-0.1, -0.05) is 33.8 Å². The maximum atomic E-state index is 5.42. The van der Waals surface area contributed by atoms with E-state index in [4.69, 9.17) is 10.5 Å². The van der Waals surface area contributed by atoms with E-state index in [0.29, 0.717) is 6.54 Å². The predicted octanol–water partition coefficient (Wildman–Crippen LogP) is 4.06. The zero-order valence-corrected chi connectivity index (χ0v) is 14.1. The summed E-state index contributed by atoms with van der Waals surface area (Å²) in [5.41, 5.74) is 7.51. The van der Waals surface area contributed by atoms with Crippen LogP contribution < -0.4 is 10.5 Å². The third-order valence-corrected chi connectivity index (χ3v) is 4.34. The van der Waals surface area contributed by atoms with E-state index in [-0.39, 0.29) is 0 Å². The average Bonchev–Trinajstić information content (AvgIpc) is 2.51. The molecule has 0 spiro atoms. The van der Waals surface area contributed by atoms with Crippen LogP contribution >= 0.6 is 27.7 Å². The summed E-state index contributed by atoms with van der Waals surface area (Å²) in [5.74, 6) is 7.65. The van der Waals surface area contributed by atoms with Crippen molar-refractivity contribution in [3.63, 3.8) is 0 Å². The quantitative estimate of drug-likeness (QED) is 0.658. The highest BCUT2D eigenvalue weighted by molar-refractivity contribution is 9.10. The molecule has 2 N–H and O–H groups in total. The van der Waals surface area contributed by atoms with Crippen molar-refractivity contribution >= 4 is 27.7 Å². The molecular weight excluding hydrogens is 346 g/mol. The van der Waals surface area contributed by atoms with Crippen LogP contribution in [0, 0.1) is 11.8 Å². The molecule has 0 unspecified atom stereocenters. The lowest BCUT2D eigenvalue weighted by Gasteiger charge is -2.09. The molecule has 0 saturated heterocycles. The van der Waals surface area contributed by atoms with Crippen molar-refractivity contribution in [2.45, 2.75) is 10.6 Å². The molecule has 2 aromatic rings. The van der Waals surface area contributed by atoms with E-state index in [1.807, 2.05) is 24.3 Å². The van der Waals surface area contributed by atoms with E-state index >= 15 is 0 Å². The molecule has 0 amide bonds. The van der Waals surface area contributed by atoms with Crippen LogP contribution in [0.3, 0.4) is 0 Å². The van der Waals surface area contributed by atoms with Gasteiger partial charge in [0.2, 0.25) is 0 Å². The fourth-order valence-electron chi connectivity index (χ4n) is 1.84. The first-order valence-corrected chi connectivity index (χ1v) is 8.25. The molecule has 108 valence electrons. The minimum absolute atomic E-state index is 0.369. The molecule has 0 aromatic heterocycles. The van der Waals surface area contributed by atoms with Gasteiger partial charge in [0.25, 0.3) is 0 Å². The van der Waals surface area contributed by atoms with E-state index in [0.717, 1.165) is 27.1 Å². The zero-order valence-electron chi connectivity index (χ0n) is 11.7. The molecule has 0 aliphatic heterocycles. The summed E-state index contributed by atoms with van der Waals surface area (Å²) >= 11 is 5.26. The molecule has 0 fully saturated rings. The average molecular weight is 362 g/mol. The second-order valence-corrected chi connectivity index (χ2v) is 6.24. The first-order valence-electron chi connectivity index (χ1n) is 6.47. The van der Waals surface area contributed by atoms with Gasteiger partial charge >= 0.3 is 0 Å². The lowest BCUT2D eigenvalue weighted by Crippen LogP contribution is -1.94. The highest BCUT2D eigenvalue weighted by Crippen LogP contribution is 2.29. The van der Waals surface area contributed by atoms with Gasteiger partial charge in [0.05, 0.1) is 13.7 Å². The summed E-state index contributed by atoms with van der Waals surface area (Å²) < 4.78 is 6.51. The van der Waals surface area contributed by atoms with Gasteiger partial charge in [-0.3, -0.25) is 0 Å². The molecule has 0 aliphatic carbocycles. The van der Waals surface area contributed by atoms with Crippen molar-refractivity contribution in [1.82, 2.24) is 0 Å². The minimum atomic E-state index is 0.369. The third-order valence-electron chi connectivity index (χ3n) is 2.81. The summed E-state index contributed by atoms with van der Waals surface area (Å²) in [4.78, 5) is 1.21. The molecular formula is C17H16BrNOS. The van der Waals surface area contributed by atoms with Crippen LogP contribution in [0.25, 0.3) is 0 Å². The van der Waals surface area contributed by atoms with E-state index < -0.39 is 0 Å². The number of thioether (sulfide) groups is 1. The maximum absolute atomic E-state index is 5.42. The number of hydrogen-bond acceptors (Lipinski definition) is 3. The van der Waals surface area contributed by atoms with Gasteiger partial charge in [0, 0.05) is 26.2 Å². The van der Waals surface area contributed by atoms with Crippen molar-refractivity contribution < 1.29 is 4.74 Å². The standard InChI is InChI=1S/C17H16BrNOS/c1-20-17-8-7-13(4-3-9-19)10-14(17)12-21-16-6-2-5-15(18)11-16/h2,5-8,10-11H,9,12,19H2,1H3. The molecule has 0 bridgehead atoms. The van der Waals surface area contributed by atoms with Crippen LogP contribution in [0.2, 0.25) is 0 Å². The Hall–Kier alpha value is -1.41. The van der Waals surface area contributed by atoms with Gasteiger partial charge in [-0.15, -0.1) is 11.8 Å². The minimum Gasteiger partial charge on any atom is -0.496 e. The predicted molar refractivity (Wildman–Crippen MR) is 92.6 cm³/mol. The van der Waals surface area contributed by atoms with Gasteiger partial charge < -0.3 is 10.5 Å². The Labute approximate surface area is 138 Å². The Morgan fingerprint density at radius 1 is 1.24 bits per heavy atom. The normalized spacial score (nSPS) is 9.86. The first kappa shape index (κ1) is 16.0. The number of nitrogens with two attached hydrogens (primary N) is 1. The number of benzene rings is 2. The molecule has 0 radical (unpaired) electrons. The summed E-state index contributed by atoms with van der Waals surface area (Å²) in [6, 6.07) is 14.2. The Balaban J connectivity index is 2.17. The second kappa shape index (κ2) is 8.14. The number of rotatable bonds is 4. The highest BCUT2D eigenvalue weighted by atomic mass is 79.9. The van der Waals surface area contributed by atoms with E-state index in [1.54, 1.807) is 18.9 Å². The maximum Gasteiger partial charge on any atom is 0.122 e. The number of hydrogen-bond donors (Lipinski definition) is 1. The van der Waals surface area contributed by atoms with Crippen LogP contribution in [0.15, 0.2) is 51.8 Å². The number of halogens is 1. The van der Waals surface area contributed by atoms with Crippen LogP contribution in [-0.2, 0) is 5.75 Å². The second-order valence-electron chi connectivity index (χ2n) is 4.28. The van der Waals surface area contributed by atoms with Crippen molar-refractivity contribution in [3.05, 3.63) is 58.1 Å². The van der Waals surface area contributed by atoms with Gasteiger partial charge in [-0.05, 0) is 36.4 Å². The van der Waals surface area contributed by atoms with Gasteiger partial charge in [0.1, 0.15) is 5.75 Å². The van der Waals surface area contributed by atoms with Crippen LogP contribution in [0.5, 0.6) is 5.75 Å². The molecule has 0 saturated carbocycles. The van der Waals surface area contributed by atoms with Crippen molar-refractivity contribution in [1.29, 1.82) is 0 Å². The lowest BCUT2D eigenvalue weighted by atomic mass is 10.1. The summed E-state index contributed by atoms with van der Waals surface area (Å²) in [5, 5.41) is 0. The van der Waals surface area contributed by atoms with E-state index in [1.165, 1.54) is 4.90 Å². The SMILES string of the molecule is COc1ccc(C#CCN)cc1CSc1cccc(Br)c1. The topological polar surface area (TPSA) is 35.2 Å². The summed E-state index contributed by atoms with van der Waals surface area (Å²) in [6.45, 7) is 0.369. The van der Waals surface area contributed by atoms with Crippen molar-refractivity contribution in [2.24, 2.45) is 5.73 Å². The largest absolute Gasteiger partial charge is 0.496 e. The Bertz CT molecular complexity index is 676. The van der Waals surface area contributed by atoms with Crippen LogP contribution in [0.1, 0.15) is 11.1 Å². The van der Waals surface area contributed by atoms with Crippen LogP contribution in [-0.4, -0.2) is 13.7 Å². The Kier molecular flexibility index (Phi) is 6.19. The Morgan fingerprint density at radius 3 is 2.81 bits per heavy atom. The first-order chi connectivity index (χ1) is 10.2. The number of ether oxygens (including phenoxy) is 1. The smallest absolute Gasteiger partial charge is 0.122 e. The number of methoxy groups -OCH3 is 1. The molecule has 2 rings (SSSR count). The molecule has 0 heterocycles. The van der Waals surface area contributed by atoms with E-state index in [9.17, 15) is 0 Å². The Morgan fingerprint density at radius 2 is 2.10 bits per heavy atom. The zero-order chi connectivity index (χ0) is 15.1. The van der Waals surface area contributed by atoms with E-state index in [2.05, 4.69) is 46.0 Å². The highest BCUT2D eigenvalue weighted by Gasteiger charge is 2.05. The fraction of sp³-hybridized carbons (Fsp3) is 0.176.